The molecular weight excluding hydrogens is 408 g/mol. The predicted octanol–water partition coefficient (Wildman–Crippen LogP) is 5.01. The molecule has 29 heavy (non-hydrogen) atoms. The van der Waals surface area contributed by atoms with Gasteiger partial charge in [-0.25, -0.2) is 8.42 Å². The Bertz CT molecular complexity index is 855. The van der Waals surface area contributed by atoms with Crippen LogP contribution in [0, 0.1) is 0 Å². The Balaban J connectivity index is 1.99. The molecule has 0 aliphatic carbocycles. The number of para-hydroxylation sites is 1. The van der Waals surface area contributed by atoms with Crippen molar-refractivity contribution in [1.29, 1.82) is 0 Å². The third-order valence-electron chi connectivity index (χ3n) is 4.56. The van der Waals surface area contributed by atoms with Gasteiger partial charge in [0, 0.05) is 24.5 Å². The topological polar surface area (TPSA) is 66.5 Å². The van der Waals surface area contributed by atoms with E-state index in [-0.39, 0.29) is 17.3 Å². The minimum Gasteiger partial charge on any atom is -0.356 e. The molecule has 0 heterocycles. The molecule has 0 aliphatic heterocycles. The molecule has 0 radical (unpaired) electrons. The number of rotatable bonds is 12. The summed E-state index contributed by atoms with van der Waals surface area (Å²) in [5, 5.41) is 3.37. The fraction of sp³-hybridized carbons (Fsp3) is 0.409. The Morgan fingerprint density at radius 1 is 0.966 bits per heavy atom. The molecule has 1 amide bonds. The smallest absolute Gasteiger partial charge is 0.264 e. The van der Waals surface area contributed by atoms with Gasteiger partial charge in [-0.1, -0.05) is 56.0 Å². The van der Waals surface area contributed by atoms with Crippen LogP contribution in [0.25, 0.3) is 0 Å². The molecule has 0 saturated heterocycles. The number of halogens is 1. The van der Waals surface area contributed by atoms with Crippen LogP contribution in [0.3, 0.4) is 0 Å². The van der Waals surface area contributed by atoms with Gasteiger partial charge in [0.1, 0.15) is 0 Å². The van der Waals surface area contributed by atoms with Crippen molar-refractivity contribution in [3.05, 3.63) is 59.6 Å². The van der Waals surface area contributed by atoms with Gasteiger partial charge in [0.2, 0.25) is 5.91 Å². The number of nitrogens with zero attached hydrogens (tertiary/aromatic N) is 1. The first-order chi connectivity index (χ1) is 13.9. The van der Waals surface area contributed by atoms with Gasteiger partial charge in [-0.3, -0.25) is 9.10 Å². The Kier molecular flexibility index (Phi) is 9.48. The molecule has 0 atom stereocenters. The van der Waals surface area contributed by atoms with E-state index in [2.05, 4.69) is 12.2 Å². The summed E-state index contributed by atoms with van der Waals surface area (Å²) >= 11 is 5.90. The van der Waals surface area contributed by atoms with E-state index in [1.807, 2.05) is 6.07 Å². The normalized spacial score (nSPS) is 11.2. The lowest BCUT2D eigenvalue weighted by Crippen LogP contribution is -2.34. The molecule has 2 rings (SSSR count). The first-order valence-corrected chi connectivity index (χ1v) is 11.9. The molecule has 0 fully saturated rings. The minimum atomic E-state index is -3.73. The van der Waals surface area contributed by atoms with Crippen molar-refractivity contribution >= 4 is 33.2 Å². The van der Waals surface area contributed by atoms with Gasteiger partial charge in [-0.05, 0) is 49.2 Å². The van der Waals surface area contributed by atoms with Crippen molar-refractivity contribution in [2.45, 2.75) is 50.3 Å². The second-order valence-electron chi connectivity index (χ2n) is 6.88. The van der Waals surface area contributed by atoms with Crippen molar-refractivity contribution < 1.29 is 13.2 Å². The van der Waals surface area contributed by atoms with Gasteiger partial charge in [-0.2, -0.15) is 0 Å². The number of nitrogens with one attached hydrogen (secondary N) is 1. The van der Waals surface area contributed by atoms with Crippen molar-refractivity contribution in [1.82, 2.24) is 5.32 Å². The summed E-state index contributed by atoms with van der Waals surface area (Å²) in [5.74, 6) is 0.0212. The van der Waals surface area contributed by atoms with Crippen LogP contribution in [0.4, 0.5) is 5.69 Å². The SMILES string of the molecule is CCCCCCC(=O)NCCCN(c1ccccc1)S(=O)(=O)c1ccc(Cl)cc1. The largest absolute Gasteiger partial charge is 0.356 e. The molecule has 1 N–H and O–H groups in total. The summed E-state index contributed by atoms with van der Waals surface area (Å²) in [6, 6.07) is 15.1. The highest BCUT2D eigenvalue weighted by Gasteiger charge is 2.24. The average Bonchev–Trinajstić information content (AvgIpc) is 2.72. The zero-order chi connectivity index (χ0) is 21.1. The van der Waals surface area contributed by atoms with Crippen LogP contribution in [0.5, 0.6) is 0 Å². The third-order valence-corrected chi connectivity index (χ3v) is 6.66. The van der Waals surface area contributed by atoms with E-state index in [4.69, 9.17) is 11.6 Å². The van der Waals surface area contributed by atoms with Gasteiger partial charge < -0.3 is 5.32 Å². The zero-order valence-corrected chi connectivity index (χ0v) is 18.4. The second kappa shape index (κ2) is 11.8. The average molecular weight is 437 g/mol. The molecule has 2 aromatic carbocycles. The fourth-order valence-corrected chi connectivity index (χ4v) is 4.60. The highest BCUT2D eigenvalue weighted by Crippen LogP contribution is 2.24. The number of benzene rings is 2. The lowest BCUT2D eigenvalue weighted by Gasteiger charge is -2.24. The van der Waals surface area contributed by atoms with Crippen LogP contribution in [0.2, 0.25) is 5.02 Å². The van der Waals surface area contributed by atoms with Crippen LogP contribution in [-0.4, -0.2) is 27.4 Å². The van der Waals surface area contributed by atoms with Crippen LogP contribution >= 0.6 is 11.6 Å². The Morgan fingerprint density at radius 2 is 1.66 bits per heavy atom. The van der Waals surface area contributed by atoms with E-state index in [0.717, 1.165) is 25.7 Å². The van der Waals surface area contributed by atoms with Gasteiger partial charge in [-0.15, -0.1) is 0 Å². The number of sulfonamides is 1. The van der Waals surface area contributed by atoms with Crippen LogP contribution in [0.1, 0.15) is 45.4 Å². The number of carbonyl (C=O) groups excluding carboxylic acids is 1. The molecule has 0 aliphatic rings. The number of carbonyl (C=O) groups is 1. The van der Waals surface area contributed by atoms with Gasteiger partial charge in [0.05, 0.1) is 10.6 Å². The van der Waals surface area contributed by atoms with Gasteiger partial charge >= 0.3 is 0 Å². The summed E-state index contributed by atoms with van der Waals surface area (Å²) in [4.78, 5) is 12.1. The lowest BCUT2D eigenvalue weighted by molar-refractivity contribution is -0.121. The van der Waals surface area contributed by atoms with E-state index >= 15 is 0 Å². The molecule has 0 saturated carbocycles. The maximum absolute atomic E-state index is 13.2. The monoisotopic (exact) mass is 436 g/mol. The molecular formula is C22H29ClN2O3S. The van der Waals surface area contributed by atoms with Crippen molar-refractivity contribution in [3.63, 3.8) is 0 Å². The first kappa shape index (κ1) is 23.2. The van der Waals surface area contributed by atoms with Gasteiger partial charge in [0.15, 0.2) is 0 Å². The quantitative estimate of drug-likeness (QED) is 0.475. The maximum Gasteiger partial charge on any atom is 0.264 e. The third kappa shape index (κ3) is 7.37. The summed E-state index contributed by atoms with van der Waals surface area (Å²) in [6.07, 6.45) is 5.26. The number of anilines is 1. The van der Waals surface area contributed by atoms with Crippen molar-refractivity contribution in [3.8, 4) is 0 Å². The highest BCUT2D eigenvalue weighted by molar-refractivity contribution is 7.92. The minimum absolute atomic E-state index is 0.0212. The van der Waals surface area contributed by atoms with Crippen LogP contribution < -0.4 is 9.62 Å². The predicted molar refractivity (Wildman–Crippen MR) is 119 cm³/mol. The summed E-state index contributed by atoms with van der Waals surface area (Å²) in [7, 11) is -3.73. The van der Waals surface area contributed by atoms with Crippen LogP contribution in [-0.2, 0) is 14.8 Å². The molecule has 0 aromatic heterocycles. The van der Waals surface area contributed by atoms with E-state index in [9.17, 15) is 13.2 Å². The number of amides is 1. The van der Waals surface area contributed by atoms with Crippen molar-refractivity contribution in [2.75, 3.05) is 17.4 Å². The summed E-state index contributed by atoms with van der Waals surface area (Å²) in [6.45, 7) is 2.84. The lowest BCUT2D eigenvalue weighted by atomic mass is 10.1. The second-order valence-corrected chi connectivity index (χ2v) is 9.18. The van der Waals surface area contributed by atoms with E-state index in [1.165, 1.54) is 16.4 Å². The molecule has 0 bridgehead atoms. The van der Waals surface area contributed by atoms with Crippen molar-refractivity contribution in [2.24, 2.45) is 0 Å². The molecule has 158 valence electrons. The highest BCUT2D eigenvalue weighted by atomic mass is 35.5. The van der Waals surface area contributed by atoms with Gasteiger partial charge in [0.25, 0.3) is 10.0 Å². The molecule has 2 aromatic rings. The standard InChI is InChI=1S/C22H29ClN2O3S/c1-2-3-4-8-12-22(26)24-17-9-18-25(20-10-6-5-7-11-20)29(27,28)21-15-13-19(23)14-16-21/h5-7,10-11,13-16H,2-4,8-9,12,17-18H2,1H3,(H,24,26). The first-order valence-electron chi connectivity index (χ1n) is 10.0. The van der Waals surface area contributed by atoms with E-state index < -0.39 is 10.0 Å². The number of unbranched alkanes of at least 4 members (excludes halogenated alkanes) is 3. The summed E-state index contributed by atoms with van der Waals surface area (Å²) in [5.41, 5.74) is 0.591. The molecule has 0 spiro atoms. The van der Waals surface area contributed by atoms with E-state index in [0.29, 0.717) is 30.1 Å². The van der Waals surface area contributed by atoms with E-state index in [1.54, 1.807) is 36.4 Å². The zero-order valence-electron chi connectivity index (χ0n) is 16.8. The number of hydrogen-bond acceptors (Lipinski definition) is 3. The Hall–Kier alpha value is -2.05. The van der Waals surface area contributed by atoms with Crippen LogP contribution in [0.15, 0.2) is 59.5 Å². The Morgan fingerprint density at radius 3 is 2.31 bits per heavy atom. The molecule has 0 unspecified atom stereocenters. The Labute approximate surface area is 179 Å². The fourth-order valence-electron chi connectivity index (χ4n) is 2.97. The maximum atomic E-state index is 13.2. The summed E-state index contributed by atoms with van der Waals surface area (Å²) < 4.78 is 27.7. The number of hydrogen-bond donors (Lipinski definition) is 1. The molecule has 7 heteroatoms. The molecule has 5 nitrogen and oxygen atoms in total.